The number of pyridine rings is 1. The number of hydrogen-bond acceptors (Lipinski definition) is 4. The second-order valence-electron chi connectivity index (χ2n) is 8.76. The molecule has 3 aromatic carbocycles. The molecule has 1 aromatic heterocycles. The summed E-state index contributed by atoms with van der Waals surface area (Å²) in [4.78, 5) is 28.3. The SMILES string of the molecule is CC(=O)/C=C(/C)O.Cc1[c-]c(-c2nc3ccccc3c3c2-c2ccc(C)cc2C3=O)cc(C)c1.[Ir]. The average Bonchev–Trinajstić information content (AvgIpc) is 3.04. The van der Waals surface area contributed by atoms with Gasteiger partial charge in [0.2, 0.25) is 0 Å². The van der Waals surface area contributed by atoms with Crippen LogP contribution in [0.5, 0.6) is 0 Å². The number of fused-ring (bicyclic) bond motifs is 5. The van der Waals surface area contributed by atoms with Crippen molar-refractivity contribution in [1.82, 2.24) is 4.98 Å². The molecule has 0 atom stereocenters. The molecule has 0 fully saturated rings. The van der Waals surface area contributed by atoms with Gasteiger partial charge in [0.15, 0.2) is 11.6 Å². The van der Waals surface area contributed by atoms with Gasteiger partial charge in [-0.1, -0.05) is 49.7 Å². The number of carbonyl (C=O) groups is 2. The molecule has 179 valence electrons. The smallest absolute Gasteiger partial charge is 0.194 e. The number of aryl methyl sites for hydroxylation is 3. The summed E-state index contributed by atoms with van der Waals surface area (Å²) in [5.41, 5.74) is 9.40. The molecule has 0 spiro atoms. The van der Waals surface area contributed by atoms with Crippen LogP contribution in [0, 0.1) is 26.8 Å². The summed E-state index contributed by atoms with van der Waals surface area (Å²) in [6, 6.07) is 21.6. The van der Waals surface area contributed by atoms with Crippen molar-refractivity contribution in [3.05, 3.63) is 100 Å². The van der Waals surface area contributed by atoms with Crippen LogP contribution in [0.4, 0.5) is 0 Å². The average molecular weight is 641 g/mol. The number of para-hydroxylation sites is 1. The van der Waals surface area contributed by atoms with Crippen LogP contribution < -0.4 is 0 Å². The number of carbonyl (C=O) groups excluding carboxylic acids is 2. The van der Waals surface area contributed by atoms with Crippen molar-refractivity contribution in [1.29, 1.82) is 0 Å². The first kappa shape index (κ1) is 26.2. The summed E-state index contributed by atoms with van der Waals surface area (Å²) in [7, 11) is 0. The van der Waals surface area contributed by atoms with Gasteiger partial charge in [0.1, 0.15) is 0 Å². The summed E-state index contributed by atoms with van der Waals surface area (Å²) in [5.74, 6) is 0.0282. The van der Waals surface area contributed by atoms with Gasteiger partial charge >= 0.3 is 0 Å². The molecular weight excluding hydrogens is 615 g/mol. The molecule has 1 heterocycles. The zero-order valence-corrected chi connectivity index (χ0v) is 22.7. The second-order valence-corrected chi connectivity index (χ2v) is 8.76. The number of benzene rings is 3. The van der Waals surface area contributed by atoms with Crippen LogP contribution in [-0.4, -0.2) is 21.7 Å². The molecule has 5 heteroatoms. The summed E-state index contributed by atoms with van der Waals surface area (Å²) in [5, 5.41) is 9.28. The quantitative estimate of drug-likeness (QED) is 0.130. The van der Waals surface area contributed by atoms with Crippen molar-refractivity contribution in [2.45, 2.75) is 34.6 Å². The molecule has 0 bridgehead atoms. The Morgan fingerprint density at radius 3 is 2.26 bits per heavy atom. The Hall–Kier alpha value is -3.40. The van der Waals surface area contributed by atoms with E-state index in [2.05, 4.69) is 37.3 Å². The van der Waals surface area contributed by atoms with Crippen LogP contribution in [0.2, 0.25) is 0 Å². The number of nitrogens with zero attached hydrogens (tertiary/aromatic N) is 1. The van der Waals surface area contributed by atoms with Crippen LogP contribution in [0.15, 0.2) is 66.4 Å². The molecule has 5 rings (SSSR count). The molecule has 0 saturated carbocycles. The number of ketones is 2. The normalized spacial score (nSPS) is 11.8. The van der Waals surface area contributed by atoms with E-state index in [-0.39, 0.29) is 37.4 Å². The molecule has 1 aliphatic carbocycles. The second kappa shape index (κ2) is 10.5. The van der Waals surface area contributed by atoms with E-state index in [1.54, 1.807) is 0 Å². The Morgan fingerprint density at radius 2 is 1.63 bits per heavy atom. The van der Waals surface area contributed by atoms with Gasteiger partial charge in [-0.2, -0.15) is 0 Å². The zero-order chi connectivity index (χ0) is 24.6. The van der Waals surface area contributed by atoms with E-state index in [4.69, 9.17) is 10.1 Å². The van der Waals surface area contributed by atoms with Gasteiger partial charge in [-0.05, 0) is 49.7 Å². The molecule has 35 heavy (non-hydrogen) atoms. The maximum Gasteiger partial charge on any atom is 0.194 e. The minimum Gasteiger partial charge on any atom is -0.512 e. The molecule has 0 saturated heterocycles. The van der Waals surface area contributed by atoms with Gasteiger partial charge in [0.25, 0.3) is 0 Å². The first-order valence-corrected chi connectivity index (χ1v) is 11.1. The molecule has 1 radical (unpaired) electrons. The van der Waals surface area contributed by atoms with E-state index < -0.39 is 0 Å². The van der Waals surface area contributed by atoms with Crippen LogP contribution in [0.3, 0.4) is 0 Å². The fourth-order valence-electron chi connectivity index (χ4n) is 4.42. The minimum atomic E-state index is -0.125. The van der Waals surface area contributed by atoms with Crippen molar-refractivity contribution in [3.8, 4) is 22.4 Å². The first-order chi connectivity index (χ1) is 16.2. The Labute approximate surface area is 219 Å². The summed E-state index contributed by atoms with van der Waals surface area (Å²) in [6.07, 6.45) is 1.17. The van der Waals surface area contributed by atoms with Gasteiger partial charge in [0.05, 0.1) is 11.3 Å². The fraction of sp³-hybridized carbons (Fsp3) is 0.167. The Balaban J connectivity index is 0.000000378. The van der Waals surface area contributed by atoms with E-state index in [1.165, 1.54) is 25.5 Å². The molecule has 4 aromatic rings. The molecule has 0 aliphatic heterocycles. The van der Waals surface area contributed by atoms with Crippen molar-refractivity contribution in [3.63, 3.8) is 0 Å². The predicted molar refractivity (Wildman–Crippen MR) is 136 cm³/mol. The van der Waals surface area contributed by atoms with Crippen molar-refractivity contribution in [2.24, 2.45) is 0 Å². The van der Waals surface area contributed by atoms with Crippen molar-refractivity contribution < 1.29 is 34.8 Å². The van der Waals surface area contributed by atoms with Gasteiger partial charge in [0, 0.05) is 42.7 Å². The number of aliphatic hydroxyl groups is 1. The zero-order valence-electron chi connectivity index (χ0n) is 20.3. The maximum atomic E-state index is 13.3. The molecule has 1 N–H and O–H groups in total. The minimum absolute atomic E-state index is 0. The third kappa shape index (κ3) is 5.32. The summed E-state index contributed by atoms with van der Waals surface area (Å²) >= 11 is 0. The summed E-state index contributed by atoms with van der Waals surface area (Å²) in [6.45, 7) is 8.99. The summed E-state index contributed by atoms with van der Waals surface area (Å²) < 4.78 is 0. The standard InChI is InChI=1S/C25H18NO.C5H8O2.Ir/c1-14-8-9-18-20(13-14)25(27)23-19-6-4-5-7-21(19)26-24(22(18)23)17-11-15(2)10-16(3)12-17;1-4(6)3-5(2)7;/h4-11,13H,1-3H3;3,6H,1-2H3;/q-1;;/b;4-3-;. The van der Waals surface area contributed by atoms with E-state index in [9.17, 15) is 9.59 Å². The monoisotopic (exact) mass is 641 g/mol. The molecule has 0 unspecified atom stereocenters. The van der Waals surface area contributed by atoms with E-state index in [1.807, 2.05) is 44.2 Å². The molecule has 4 nitrogen and oxygen atoms in total. The molecule has 1 aliphatic rings. The van der Waals surface area contributed by atoms with Crippen molar-refractivity contribution >= 4 is 22.5 Å². The third-order valence-electron chi connectivity index (χ3n) is 5.62. The van der Waals surface area contributed by atoms with E-state index in [0.717, 1.165) is 55.5 Å². The Morgan fingerprint density at radius 1 is 0.914 bits per heavy atom. The number of hydrogen-bond donors (Lipinski definition) is 1. The van der Waals surface area contributed by atoms with Crippen LogP contribution in [0.25, 0.3) is 33.3 Å². The van der Waals surface area contributed by atoms with E-state index in [0.29, 0.717) is 0 Å². The predicted octanol–water partition coefficient (Wildman–Crippen LogP) is 6.87. The van der Waals surface area contributed by atoms with Gasteiger partial charge in [-0.3, -0.25) is 14.6 Å². The number of rotatable bonds is 2. The van der Waals surface area contributed by atoms with Crippen LogP contribution in [-0.2, 0) is 24.9 Å². The third-order valence-corrected chi connectivity index (χ3v) is 5.62. The van der Waals surface area contributed by atoms with Gasteiger partial charge in [-0.25, -0.2) is 0 Å². The van der Waals surface area contributed by atoms with Crippen molar-refractivity contribution in [2.75, 3.05) is 0 Å². The number of aliphatic hydroxyl groups excluding tert-OH is 1. The molecular formula is C30H26IrNO3-. The van der Waals surface area contributed by atoms with Crippen LogP contribution in [0.1, 0.15) is 46.5 Å². The van der Waals surface area contributed by atoms with Crippen LogP contribution >= 0.6 is 0 Å². The largest absolute Gasteiger partial charge is 0.512 e. The Bertz CT molecular complexity index is 1480. The fourth-order valence-corrected chi connectivity index (χ4v) is 4.42. The van der Waals surface area contributed by atoms with Gasteiger partial charge < -0.3 is 5.11 Å². The number of aromatic nitrogens is 1. The Kier molecular flexibility index (Phi) is 7.84. The van der Waals surface area contributed by atoms with Gasteiger partial charge in [-0.15, -0.1) is 34.9 Å². The number of allylic oxidation sites excluding steroid dienone is 2. The first-order valence-electron chi connectivity index (χ1n) is 11.1. The maximum absolute atomic E-state index is 13.3. The topological polar surface area (TPSA) is 67.3 Å². The van der Waals surface area contributed by atoms with E-state index >= 15 is 0 Å². The molecule has 0 amide bonds.